The Hall–Kier alpha value is -2.17. The third-order valence-corrected chi connectivity index (χ3v) is 1.90. The van der Waals surface area contributed by atoms with E-state index in [-0.39, 0.29) is 5.91 Å². The SMILES string of the molecule is O=C(Cc1ccccc1)Nc1cnn[nH]1. The first-order valence-electron chi connectivity index (χ1n) is 4.54. The minimum absolute atomic E-state index is 0.0905. The molecule has 76 valence electrons. The summed E-state index contributed by atoms with van der Waals surface area (Å²) in [5, 5.41) is 12.3. The number of nitrogens with zero attached hydrogens (tertiary/aromatic N) is 2. The lowest BCUT2D eigenvalue weighted by atomic mass is 10.1. The molecule has 0 unspecified atom stereocenters. The van der Waals surface area contributed by atoms with Crippen molar-refractivity contribution in [2.24, 2.45) is 0 Å². The number of hydrogen-bond acceptors (Lipinski definition) is 3. The van der Waals surface area contributed by atoms with Gasteiger partial charge < -0.3 is 5.32 Å². The molecule has 1 aromatic carbocycles. The Labute approximate surface area is 86.5 Å². The second kappa shape index (κ2) is 4.36. The zero-order valence-corrected chi connectivity index (χ0v) is 7.97. The van der Waals surface area contributed by atoms with Crippen molar-refractivity contribution in [1.29, 1.82) is 0 Å². The Morgan fingerprint density at radius 3 is 2.80 bits per heavy atom. The molecular weight excluding hydrogens is 192 g/mol. The van der Waals surface area contributed by atoms with Crippen LogP contribution in [0.5, 0.6) is 0 Å². The molecule has 0 radical (unpaired) electrons. The van der Waals surface area contributed by atoms with Crippen LogP contribution in [0.4, 0.5) is 5.82 Å². The summed E-state index contributed by atoms with van der Waals surface area (Å²) in [4.78, 5) is 11.5. The summed E-state index contributed by atoms with van der Waals surface area (Å²) >= 11 is 0. The Balaban J connectivity index is 1.94. The van der Waals surface area contributed by atoms with Crippen LogP contribution in [0.3, 0.4) is 0 Å². The fraction of sp³-hybridized carbons (Fsp3) is 0.100. The van der Waals surface area contributed by atoms with Gasteiger partial charge in [-0.2, -0.15) is 0 Å². The summed E-state index contributed by atoms with van der Waals surface area (Å²) in [7, 11) is 0. The second-order valence-electron chi connectivity index (χ2n) is 3.08. The van der Waals surface area contributed by atoms with Crippen LogP contribution in [0.15, 0.2) is 36.5 Å². The number of aromatic nitrogens is 3. The van der Waals surface area contributed by atoms with Crippen LogP contribution in [0.1, 0.15) is 5.56 Å². The summed E-state index contributed by atoms with van der Waals surface area (Å²) in [5.74, 6) is 0.420. The van der Waals surface area contributed by atoms with Crippen LogP contribution in [0, 0.1) is 0 Å². The van der Waals surface area contributed by atoms with E-state index in [9.17, 15) is 4.79 Å². The molecule has 0 spiro atoms. The molecule has 1 amide bonds. The zero-order valence-electron chi connectivity index (χ0n) is 7.97. The number of carbonyl (C=O) groups is 1. The van der Waals surface area contributed by atoms with Crippen molar-refractivity contribution in [2.75, 3.05) is 5.32 Å². The van der Waals surface area contributed by atoms with Gasteiger partial charge in [0.2, 0.25) is 5.91 Å². The molecule has 2 aromatic rings. The summed E-state index contributed by atoms with van der Waals surface area (Å²) in [5.41, 5.74) is 0.975. The lowest BCUT2D eigenvalue weighted by Gasteiger charge is -2.01. The molecule has 15 heavy (non-hydrogen) atoms. The van der Waals surface area contributed by atoms with Crippen molar-refractivity contribution in [3.63, 3.8) is 0 Å². The first-order valence-corrected chi connectivity index (χ1v) is 4.54. The van der Waals surface area contributed by atoms with E-state index in [1.807, 2.05) is 30.3 Å². The summed E-state index contributed by atoms with van der Waals surface area (Å²) in [6.45, 7) is 0. The average Bonchev–Trinajstić information content (AvgIpc) is 2.71. The molecule has 1 aromatic heterocycles. The number of benzene rings is 1. The summed E-state index contributed by atoms with van der Waals surface area (Å²) in [6, 6.07) is 9.54. The first kappa shape index (κ1) is 9.39. The average molecular weight is 202 g/mol. The number of rotatable bonds is 3. The lowest BCUT2D eigenvalue weighted by molar-refractivity contribution is -0.115. The number of carbonyl (C=O) groups excluding carboxylic acids is 1. The quantitative estimate of drug-likeness (QED) is 0.779. The predicted octanol–water partition coefficient (Wildman–Crippen LogP) is 0.986. The van der Waals surface area contributed by atoms with E-state index >= 15 is 0 Å². The number of hydrogen-bond donors (Lipinski definition) is 2. The van der Waals surface area contributed by atoms with Crippen molar-refractivity contribution in [1.82, 2.24) is 15.4 Å². The van der Waals surface area contributed by atoms with Crippen LogP contribution in [-0.2, 0) is 11.2 Å². The van der Waals surface area contributed by atoms with E-state index in [2.05, 4.69) is 20.7 Å². The van der Waals surface area contributed by atoms with Crippen LogP contribution < -0.4 is 5.32 Å². The minimum Gasteiger partial charge on any atom is -0.309 e. The highest BCUT2D eigenvalue weighted by molar-refractivity contribution is 5.91. The minimum atomic E-state index is -0.0905. The topological polar surface area (TPSA) is 70.7 Å². The molecule has 0 aliphatic heterocycles. The molecule has 0 bridgehead atoms. The molecule has 0 saturated heterocycles. The van der Waals surface area contributed by atoms with Gasteiger partial charge in [0.25, 0.3) is 0 Å². The molecule has 0 atom stereocenters. The van der Waals surface area contributed by atoms with Gasteiger partial charge in [-0.05, 0) is 5.56 Å². The van der Waals surface area contributed by atoms with E-state index in [0.717, 1.165) is 5.56 Å². The van der Waals surface area contributed by atoms with Crippen molar-refractivity contribution < 1.29 is 4.79 Å². The van der Waals surface area contributed by atoms with Gasteiger partial charge in [-0.15, -0.1) is 5.10 Å². The van der Waals surface area contributed by atoms with E-state index in [4.69, 9.17) is 0 Å². The number of amides is 1. The molecule has 2 N–H and O–H groups in total. The molecule has 5 heteroatoms. The van der Waals surface area contributed by atoms with Crippen LogP contribution in [0.2, 0.25) is 0 Å². The predicted molar refractivity (Wildman–Crippen MR) is 55.2 cm³/mol. The number of H-pyrrole nitrogens is 1. The second-order valence-corrected chi connectivity index (χ2v) is 3.08. The third kappa shape index (κ3) is 2.63. The molecule has 5 nitrogen and oxygen atoms in total. The largest absolute Gasteiger partial charge is 0.309 e. The standard InChI is InChI=1S/C10H10N4O/c15-10(12-9-7-11-14-13-9)6-8-4-2-1-3-5-8/h1-5,7H,6H2,(H2,11,12,13,14,15). The number of nitrogens with one attached hydrogen (secondary N) is 2. The molecule has 0 saturated carbocycles. The fourth-order valence-electron chi connectivity index (χ4n) is 1.23. The molecule has 0 aliphatic rings. The highest BCUT2D eigenvalue weighted by atomic mass is 16.1. The van der Waals surface area contributed by atoms with Crippen LogP contribution >= 0.6 is 0 Å². The molecule has 0 fully saturated rings. The van der Waals surface area contributed by atoms with Gasteiger partial charge >= 0.3 is 0 Å². The van der Waals surface area contributed by atoms with Gasteiger partial charge in [0, 0.05) is 0 Å². The number of aromatic amines is 1. The lowest BCUT2D eigenvalue weighted by Crippen LogP contribution is -2.14. The Kier molecular flexibility index (Phi) is 2.73. The first-order chi connectivity index (χ1) is 7.34. The smallest absolute Gasteiger partial charge is 0.229 e. The highest BCUT2D eigenvalue weighted by Crippen LogP contribution is 2.02. The maximum atomic E-state index is 11.5. The van der Waals surface area contributed by atoms with Gasteiger partial charge in [-0.1, -0.05) is 35.5 Å². The maximum Gasteiger partial charge on any atom is 0.229 e. The van der Waals surface area contributed by atoms with Crippen molar-refractivity contribution in [2.45, 2.75) is 6.42 Å². The fourth-order valence-corrected chi connectivity index (χ4v) is 1.23. The summed E-state index contributed by atoms with van der Waals surface area (Å²) in [6.07, 6.45) is 1.81. The Morgan fingerprint density at radius 1 is 1.33 bits per heavy atom. The maximum absolute atomic E-state index is 11.5. The third-order valence-electron chi connectivity index (χ3n) is 1.90. The normalized spacial score (nSPS) is 9.87. The van der Waals surface area contributed by atoms with Crippen LogP contribution in [0.25, 0.3) is 0 Å². The molecule has 0 aliphatic carbocycles. The monoisotopic (exact) mass is 202 g/mol. The molecule has 1 heterocycles. The van der Waals surface area contributed by atoms with E-state index < -0.39 is 0 Å². The van der Waals surface area contributed by atoms with Crippen molar-refractivity contribution in [3.05, 3.63) is 42.1 Å². The number of anilines is 1. The van der Waals surface area contributed by atoms with E-state index in [1.165, 1.54) is 6.20 Å². The van der Waals surface area contributed by atoms with Gasteiger partial charge in [0.1, 0.15) is 5.82 Å². The Morgan fingerprint density at radius 2 is 2.13 bits per heavy atom. The van der Waals surface area contributed by atoms with Crippen molar-refractivity contribution >= 4 is 11.7 Å². The molecular formula is C10H10N4O. The van der Waals surface area contributed by atoms with Gasteiger partial charge in [0.05, 0.1) is 12.6 Å². The molecule has 2 rings (SSSR count). The zero-order chi connectivity index (χ0) is 10.5. The summed E-state index contributed by atoms with van der Waals surface area (Å²) < 4.78 is 0. The van der Waals surface area contributed by atoms with Gasteiger partial charge in [-0.25, -0.2) is 5.10 Å². The van der Waals surface area contributed by atoms with E-state index in [1.54, 1.807) is 0 Å². The Bertz CT molecular complexity index is 424. The van der Waals surface area contributed by atoms with Gasteiger partial charge in [-0.3, -0.25) is 4.79 Å². The van der Waals surface area contributed by atoms with Crippen LogP contribution in [-0.4, -0.2) is 21.3 Å². The van der Waals surface area contributed by atoms with E-state index in [0.29, 0.717) is 12.2 Å². The van der Waals surface area contributed by atoms with Crippen molar-refractivity contribution in [3.8, 4) is 0 Å². The highest BCUT2D eigenvalue weighted by Gasteiger charge is 2.04. The van der Waals surface area contributed by atoms with Gasteiger partial charge in [0.15, 0.2) is 0 Å².